The number of pyridine rings is 1. The van der Waals surface area contributed by atoms with Gasteiger partial charge in [0.15, 0.2) is 5.78 Å². The van der Waals surface area contributed by atoms with Crippen LogP contribution in [-0.4, -0.2) is 17.3 Å². The molecule has 0 unspecified atom stereocenters. The first kappa shape index (κ1) is 14.2. The van der Waals surface area contributed by atoms with Crippen LogP contribution in [-0.2, 0) is 0 Å². The summed E-state index contributed by atoms with van der Waals surface area (Å²) in [6.07, 6.45) is 4.12. The predicted octanol–water partition coefficient (Wildman–Crippen LogP) is 3.49. The Hall–Kier alpha value is -1.74. The Morgan fingerprint density at radius 1 is 1.19 bits per heavy atom. The number of Topliss-reactive ketones (excluding diaryl/α,β-unsaturated/α-hetero) is 1. The fourth-order valence-electron chi connectivity index (χ4n) is 3.28. The van der Waals surface area contributed by atoms with Crippen LogP contribution in [0.5, 0.6) is 0 Å². The maximum atomic E-state index is 12.7. The molecule has 3 heteroatoms. The first-order chi connectivity index (χ1) is 10.2. The lowest BCUT2D eigenvalue weighted by Gasteiger charge is -2.26. The van der Waals surface area contributed by atoms with E-state index in [0.29, 0.717) is 5.92 Å². The molecule has 1 heterocycles. The second-order valence-electron chi connectivity index (χ2n) is 6.18. The lowest BCUT2D eigenvalue weighted by atomic mass is 9.78. The molecule has 0 spiro atoms. The topological polar surface area (TPSA) is 56.0 Å². The Morgan fingerprint density at radius 3 is 2.67 bits per heavy atom. The van der Waals surface area contributed by atoms with Crippen molar-refractivity contribution >= 4 is 16.7 Å². The third-order valence-corrected chi connectivity index (χ3v) is 4.66. The molecule has 110 valence electrons. The third kappa shape index (κ3) is 2.98. The van der Waals surface area contributed by atoms with Crippen molar-refractivity contribution in [2.24, 2.45) is 17.6 Å². The number of nitrogens with two attached hydrogens (primary N) is 1. The Labute approximate surface area is 125 Å². The standard InChI is InChI=1S/C18H22N2O/c1-12-2-5-15-10-16(8-9-17(15)20-12)18(21)14-6-3-13(11-19)4-7-14/h2,5,8-10,13-14H,3-4,6-7,11,19H2,1H3. The highest BCUT2D eigenvalue weighted by Crippen LogP contribution is 2.31. The monoisotopic (exact) mass is 282 g/mol. The van der Waals surface area contributed by atoms with E-state index in [1.165, 1.54) is 0 Å². The van der Waals surface area contributed by atoms with Crippen molar-refractivity contribution in [3.05, 3.63) is 41.6 Å². The highest BCUT2D eigenvalue weighted by Gasteiger charge is 2.26. The third-order valence-electron chi connectivity index (χ3n) is 4.66. The van der Waals surface area contributed by atoms with Gasteiger partial charge in [-0.1, -0.05) is 6.07 Å². The number of fused-ring (bicyclic) bond motifs is 1. The number of benzene rings is 1. The van der Waals surface area contributed by atoms with E-state index in [1.54, 1.807) is 0 Å². The molecule has 1 aromatic carbocycles. The molecule has 0 saturated heterocycles. The Morgan fingerprint density at radius 2 is 1.95 bits per heavy atom. The van der Waals surface area contributed by atoms with Gasteiger partial charge in [0, 0.05) is 22.6 Å². The number of carbonyl (C=O) groups is 1. The van der Waals surface area contributed by atoms with Crippen LogP contribution in [0.15, 0.2) is 30.3 Å². The average Bonchev–Trinajstić information content (AvgIpc) is 2.53. The SMILES string of the molecule is Cc1ccc2cc(C(=O)C3CCC(CN)CC3)ccc2n1. The van der Waals surface area contributed by atoms with Crippen LogP contribution in [0.4, 0.5) is 0 Å². The highest BCUT2D eigenvalue weighted by atomic mass is 16.1. The van der Waals surface area contributed by atoms with Gasteiger partial charge >= 0.3 is 0 Å². The first-order valence-electron chi connectivity index (χ1n) is 7.79. The van der Waals surface area contributed by atoms with E-state index in [4.69, 9.17) is 5.73 Å². The molecule has 0 radical (unpaired) electrons. The molecular weight excluding hydrogens is 260 g/mol. The Balaban J connectivity index is 1.80. The summed E-state index contributed by atoms with van der Waals surface area (Å²) in [6.45, 7) is 2.73. The van der Waals surface area contributed by atoms with Crippen molar-refractivity contribution < 1.29 is 4.79 Å². The van der Waals surface area contributed by atoms with Crippen LogP contribution >= 0.6 is 0 Å². The molecule has 21 heavy (non-hydrogen) atoms. The molecule has 2 N–H and O–H groups in total. The smallest absolute Gasteiger partial charge is 0.165 e. The maximum absolute atomic E-state index is 12.7. The van der Waals surface area contributed by atoms with Crippen molar-refractivity contribution in [1.29, 1.82) is 0 Å². The summed E-state index contributed by atoms with van der Waals surface area (Å²) in [5.74, 6) is 1.06. The molecule has 0 atom stereocenters. The number of hydrogen-bond acceptors (Lipinski definition) is 3. The molecule has 2 aromatic rings. The summed E-state index contributed by atoms with van der Waals surface area (Å²) >= 11 is 0. The van der Waals surface area contributed by atoms with Crippen LogP contribution in [0.1, 0.15) is 41.7 Å². The fourth-order valence-corrected chi connectivity index (χ4v) is 3.28. The van der Waals surface area contributed by atoms with Gasteiger partial charge in [0.25, 0.3) is 0 Å². The van der Waals surface area contributed by atoms with Crippen molar-refractivity contribution in [2.45, 2.75) is 32.6 Å². The molecule has 3 rings (SSSR count). The number of aromatic nitrogens is 1. The minimum atomic E-state index is 0.170. The number of aryl methyl sites for hydroxylation is 1. The first-order valence-corrected chi connectivity index (χ1v) is 7.79. The van der Waals surface area contributed by atoms with E-state index >= 15 is 0 Å². The summed E-state index contributed by atoms with van der Waals surface area (Å²) in [5, 5.41) is 1.04. The molecule has 0 amide bonds. The van der Waals surface area contributed by atoms with Gasteiger partial charge in [-0.15, -0.1) is 0 Å². The largest absolute Gasteiger partial charge is 0.330 e. The molecule has 1 aliphatic carbocycles. The molecular formula is C18H22N2O. The van der Waals surface area contributed by atoms with Crippen molar-refractivity contribution in [3.8, 4) is 0 Å². The summed E-state index contributed by atoms with van der Waals surface area (Å²) in [5.41, 5.74) is 8.50. The molecule has 1 aromatic heterocycles. The molecule has 0 aliphatic heterocycles. The van der Waals surface area contributed by atoms with Crippen LogP contribution in [0.25, 0.3) is 10.9 Å². The van der Waals surface area contributed by atoms with Gasteiger partial charge in [0.05, 0.1) is 5.52 Å². The minimum absolute atomic E-state index is 0.170. The number of nitrogens with zero attached hydrogens (tertiary/aromatic N) is 1. The van der Waals surface area contributed by atoms with E-state index in [1.807, 2.05) is 37.3 Å². The number of ketones is 1. The lowest BCUT2D eigenvalue weighted by Crippen LogP contribution is -2.25. The zero-order valence-electron chi connectivity index (χ0n) is 12.5. The molecule has 3 nitrogen and oxygen atoms in total. The normalized spacial score (nSPS) is 22.4. The van der Waals surface area contributed by atoms with Gasteiger partial charge in [-0.25, -0.2) is 0 Å². The average molecular weight is 282 g/mol. The van der Waals surface area contributed by atoms with E-state index < -0.39 is 0 Å². The van der Waals surface area contributed by atoms with Crippen LogP contribution in [0.3, 0.4) is 0 Å². The Bertz CT molecular complexity index is 657. The van der Waals surface area contributed by atoms with Gasteiger partial charge in [-0.3, -0.25) is 9.78 Å². The number of hydrogen-bond donors (Lipinski definition) is 1. The van der Waals surface area contributed by atoms with Crippen molar-refractivity contribution in [3.63, 3.8) is 0 Å². The highest BCUT2D eigenvalue weighted by molar-refractivity contribution is 6.00. The van der Waals surface area contributed by atoms with Gasteiger partial charge in [-0.2, -0.15) is 0 Å². The van der Waals surface area contributed by atoms with Crippen LogP contribution in [0.2, 0.25) is 0 Å². The van der Waals surface area contributed by atoms with Gasteiger partial charge in [0.2, 0.25) is 0 Å². The zero-order chi connectivity index (χ0) is 14.8. The molecule has 0 bridgehead atoms. The summed E-state index contributed by atoms with van der Waals surface area (Å²) in [7, 11) is 0. The van der Waals surface area contributed by atoms with E-state index in [9.17, 15) is 4.79 Å². The van der Waals surface area contributed by atoms with Crippen molar-refractivity contribution in [2.75, 3.05) is 6.54 Å². The molecule has 1 aliphatic rings. The second kappa shape index (κ2) is 5.94. The lowest BCUT2D eigenvalue weighted by molar-refractivity contribution is 0.0873. The predicted molar refractivity (Wildman–Crippen MR) is 85.3 cm³/mol. The van der Waals surface area contributed by atoms with Gasteiger partial charge < -0.3 is 5.73 Å². The second-order valence-corrected chi connectivity index (χ2v) is 6.18. The maximum Gasteiger partial charge on any atom is 0.165 e. The molecule has 1 fully saturated rings. The molecule has 1 saturated carbocycles. The van der Waals surface area contributed by atoms with E-state index in [0.717, 1.165) is 54.4 Å². The van der Waals surface area contributed by atoms with Crippen LogP contribution in [0, 0.1) is 18.8 Å². The fraction of sp³-hybridized carbons (Fsp3) is 0.444. The number of carbonyl (C=O) groups excluding carboxylic acids is 1. The van der Waals surface area contributed by atoms with Gasteiger partial charge in [-0.05, 0) is 69.3 Å². The summed E-state index contributed by atoms with van der Waals surface area (Å²) in [6, 6.07) is 9.90. The van der Waals surface area contributed by atoms with Gasteiger partial charge in [0.1, 0.15) is 0 Å². The zero-order valence-corrected chi connectivity index (χ0v) is 12.5. The minimum Gasteiger partial charge on any atom is -0.330 e. The van der Waals surface area contributed by atoms with Crippen LogP contribution < -0.4 is 5.73 Å². The Kier molecular flexibility index (Phi) is 4.02. The summed E-state index contributed by atoms with van der Waals surface area (Å²) in [4.78, 5) is 17.1. The van der Waals surface area contributed by atoms with E-state index in [-0.39, 0.29) is 11.7 Å². The van der Waals surface area contributed by atoms with Crippen molar-refractivity contribution in [1.82, 2.24) is 4.98 Å². The number of rotatable bonds is 3. The van der Waals surface area contributed by atoms with E-state index in [2.05, 4.69) is 4.98 Å². The quantitative estimate of drug-likeness (QED) is 0.877. The summed E-state index contributed by atoms with van der Waals surface area (Å²) < 4.78 is 0.